The highest BCUT2D eigenvalue weighted by Crippen LogP contribution is 2.39. The number of unbranched alkanes of at least 4 members (excludes halogenated alkanes) is 5. The standard InChI is InChI=1S/C19H32O3/c1-2-3-4-5-6-7-10-18(20)12-11-17-9-8-13-19(16-17)21-14-15-22-19/h11-12,17H,2-10,13-16H2,1H3/b12-11+. The van der Waals surface area contributed by atoms with Crippen molar-refractivity contribution in [1.29, 1.82) is 0 Å². The molecule has 0 radical (unpaired) electrons. The first kappa shape index (κ1) is 17.7. The molecule has 0 aromatic heterocycles. The molecule has 1 aliphatic carbocycles. The number of ketones is 1. The predicted molar refractivity (Wildman–Crippen MR) is 88.7 cm³/mol. The Morgan fingerprint density at radius 2 is 1.86 bits per heavy atom. The van der Waals surface area contributed by atoms with Crippen molar-refractivity contribution in [3.05, 3.63) is 12.2 Å². The average molecular weight is 308 g/mol. The van der Waals surface area contributed by atoms with Gasteiger partial charge >= 0.3 is 0 Å². The van der Waals surface area contributed by atoms with Crippen molar-refractivity contribution in [3.8, 4) is 0 Å². The Balaban J connectivity index is 1.62. The van der Waals surface area contributed by atoms with Crippen molar-refractivity contribution >= 4 is 5.78 Å². The molecule has 0 amide bonds. The SMILES string of the molecule is CCCCCCCCC(=O)/C=C/C1CCCC2(C1)OCCO2. The lowest BCUT2D eigenvalue weighted by molar-refractivity contribution is -0.183. The zero-order valence-electron chi connectivity index (χ0n) is 14.1. The number of allylic oxidation sites excluding steroid dienone is 2. The van der Waals surface area contributed by atoms with Gasteiger partial charge in [-0.05, 0) is 31.3 Å². The van der Waals surface area contributed by atoms with Crippen LogP contribution in [-0.2, 0) is 14.3 Å². The molecule has 22 heavy (non-hydrogen) atoms. The molecule has 3 heteroatoms. The molecule has 0 N–H and O–H groups in total. The van der Waals surface area contributed by atoms with Crippen LogP contribution in [0.15, 0.2) is 12.2 Å². The Kier molecular flexibility index (Phi) is 7.61. The number of hydrogen-bond donors (Lipinski definition) is 0. The molecule has 1 atom stereocenters. The first-order valence-corrected chi connectivity index (χ1v) is 9.23. The first-order valence-electron chi connectivity index (χ1n) is 9.23. The molecule has 126 valence electrons. The van der Waals surface area contributed by atoms with Gasteiger partial charge in [-0.15, -0.1) is 0 Å². The van der Waals surface area contributed by atoms with E-state index in [1.54, 1.807) is 0 Å². The molecule has 0 aromatic rings. The maximum atomic E-state index is 11.9. The van der Waals surface area contributed by atoms with Crippen LogP contribution in [0.4, 0.5) is 0 Å². The minimum atomic E-state index is -0.338. The van der Waals surface area contributed by atoms with E-state index in [2.05, 4.69) is 13.0 Å². The van der Waals surface area contributed by atoms with Crippen LogP contribution < -0.4 is 0 Å². The van der Waals surface area contributed by atoms with Crippen LogP contribution in [0.1, 0.15) is 77.6 Å². The van der Waals surface area contributed by atoms with Crippen molar-refractivity contribution in [3.63, 3.8) is 0 Å². The molecular formula is C19H32O3. The van der Waals surface area contributed by atoms with Gasteiger partial charge in [0.2, 0.25) is 0 Å². The first-order chi connectivity index (χ1) is 10.7. The molecule has 1 spiro atoms. The van der Waals surface area contributed by atoms with Crippen LogP contribution in [0.5, 0.6) is 0 Å². The second-order valence-electron chi connectivity index (χ2n) is 6.81. The Bertz CT molecular complexity index is 356. The van der Waals surface area contributed by atoms with Crippen LogP contribution in [0.2, 0.25) is 0 Å². The van der Waals surface area contributed by atoms with E-state index < -0.39 is 0 Å². The highest BCUT2D eigenvalue weighted by atomic mass is 16.7. The van der Waals surface area contributed by atoms with Crippen molar-refractivity contribution in [2.75, 3.05) is 13.2 Å². The second-order valence-corrected chi connectivity index (χ2v) is 6.81. The number of ether oxygens (including phenoxy) is 2. The Hall–Kier alpha value is -0.670. The lowest BCUT2D eigenvalue weighted by Crippen LogP contribution is -2.35. The lowest BCUT2D eigenvalue weighted by Gasteiger charge is -2.35. The van der Waals surface area contributed by atoms with Crippen LogP contribution in [0.3, 0.4) is 0 Å². The zero-order valence-corrected chi connectivity index (χ0v) is 14.1. The minimum absolute atomic E-state index is 0.281. The number of carbonyl (C=O) groups is 1. The summed E-state index contributed by atoms with van der Waals surface area (Å²) in [4.78, 5) is 11.9. The summed E-state index contributed by atoms with van der Waals surface area (Å²) in [5.41, 5.74) is 0. The van der Waals surface area contributed by atoms with Gasteiger partial charge in [-0.2, -0.15) is 0 Å². The van der Waals surface area contributed by atoms with Gasteiger partial charge in [-0.1, -0.05) is 45.1 Å². The van der Waals surface area contributed by atoms with Gasteiger partial charge < -0.3 is 9.47 Å². The van der Waals surface area contributed by atoms with Crippen LogP contribution in [0.25, 0.3) is 0 Å². The summed E-state index contributed by atoms with van der Waals surface area (Å²) >= 11 is 0. The molecule has 1 saturated carbocycles. The second kappa shape index (κ2) is 9.46. The van der Waals surface area contributed by atoms with Crippen molar-refractivity contribution in [2.24, 2.45) is 5.92 Å². The number of hydrogen-bond acceptors (Lipinski definition) is 3. The van der Waals surface area contributed by atoms with Crippen molar-refractivity contribution in [2.45, 2.75) is 83.3 Å². The quantitative estimate of drug-likeness (QED) is 0.453. The van der Waals surface area contributed by atoms with Crippen molar-refractivity contribution in [1.82, 2.24) is 0 Å². The fourth-order valence-electron chi connectivity index (χ4n) is 3.57. The summed E-state index contributed by atoms with van der Waals surface area (Å²) in [7, 11) is 0. The van der Waals surface area contributed by atoms with Gasteiger partial charge in [0.15, 0.2) is 11.6 Å². The van der Waals surface area contributed by atoms with Gasteiger partial charge in [0, 0.05) is 19.3 Å². The summed E-state index contributed by atoms with van der Waals surface area (Å²) in [5.74, 6) is 0.374. The Morgan fingerprint density at radius 3 is 2.64 bits per heavy atom. The van der Waals surface area contributed by atoms with E-state index in [9.17, 15) is 4.79 Å². The van der Waals surface area contributed by atoms with E-state index in [-0.39, 0.29) is 11.6 Å². The zero-order chi connectivity index (χ0) is 15.7. The molecule has 0 aromatic carbocycles. The highest BCUT2D eigenvalue weighted by Gasteiger charge is 2.40. The largest absolute Gasteiger partial charge is 0.348 e. The Labute approximate surface area is 135 Å². The van der Waals surface area contributed by atoms with E-state index in [0.717, 1.165) is 32.1 Å². The lowest BCUT2D eigenvalue weighted by atomic mass is 9.84. The smallest absolute Gasteiger partial charge is 0.169 e. The van der Waals surface area contributed by atoms with Crippen LogP contribution >= 0.6 is 0 Å². The molecule has 1 unspecified atom stereocenters. The molecule has 2 aliphatic rings. The summed E-state index contributed by atoms with van der Waals surface area (Å²) in [5, 5.41) is 0. The molecule has 0 bridgehead atoms. The molecule has 2 fully saturated rings. The molecule has 1 heterocycles. The van der Waals surface area contributed by atoms with Gasteiger partial charge in [0.25, 0.3) is 0 Å². The summed E-state index contributed by atoms with van der Waals surface area (Å²) in [6.45, 7) is 3.66. The summed E-state index contributed by atoms with van der Waals surface area (Å²) in [6, 6.07) is 0. The topological polar surface area (TPSA) is 35.5 Å². The maximum absolute atomic E-state index is 11.9. The summed E-state index contributed by atoms with van der Waals surface area (Å²) in [6.07, 6.45) is 16.2. The Morgan fingerprint density at radius 1 is 1.14 bits per heavy atom. The van der Waals surface area contributed by atoms with Crippen molar-refractivity contribution < 1.29 is 14.3 Å². The maximum Gasteiger partial charge on any atom is 0.169 e. The van der Waals surface area contributed by atoms with E-state index in [1.807, 2.05) is 6.08 Å². The fraction of sp³-hybridized carbons (Fsp3) is 0.842. The third kappa shape index (κ3) is 5.85. The molecular weight excluding hydrogens is 276 g/mol. The monoisotopic (exact) mass is 308 g/mol. The molecule has 1 aliphatic heterocycles. The van der Waals surface area contributed by atoms with Crippen LogP contribution in [0, 0.1) is 5.92 Å². The van der Waals surface area contributed by atoms with E-state index >= 15 is 0 Å². The number of carbonyl (C=O) groups excluding carboxylic acids is 1. The fourth-order valence-corrected chi connectivity index (χ4v) is 3.57. The third-order valence-electron chi connectivity index (χ3n) is 4.85. The van der Waals surface area contributed by atoms with Crippen LogP contribution in [-0.4, -0.2) is 24.8 Å². The van der Waals surface area contributed by atoms with Gasteiger partial charge in [0.1, 0.15) is 0 Å². The van der Waals surface area contributed by atoms with E-state index in [0.29, 0.717) is 25.6 Å². The number of rotatable bonds is 9. The summed E-state index contributed by atoms with van der Waals surface area (Å²) < 4.78 is 11.6. The van der Waals surface area contributed by atoms with E-state index in [4.69, 9.17) is 9.47 Å². The molecule has 3 nitrogen and oxygen atoms in total. The third-order valence-corrected chi connectivity index (χ3v) is 4.85. The normalized spacial score (nSPS) is 24.3. The van der Waals surface area contributed by atoms with E-state index in [1.165, 1.54) is 32.1 Å². The van der Waals surface area contributed by atoms with Gasteiger partial charge in [-0.25, -0.2) is 0 Å². The molecule has 2 rings (SSSR count). The minimum Gasteiger partial charge on any atom is -0.348 e. The van der Waals surface area contributed by atoms with Gasteiger partial charge in [-0.3, -0.25) is 4.79 Å². The molecule has 1 saturated heterocycles. The average Bonchev–Trinajstić information content (AvgIpc) is 2.96. The predicted octanol–water partition coefficient (Wildman–Crippen LogP) is 4.80. The van der Waals surface area contributed by atoms with Gasteiger partial charge in [0.05, 0.1) is 13.2 Å². The highest BCUT2D eigenvalue weighted by molar-refractivity contribution is 5.89.